The Balaban J connectivity index is 2.13. The van der Waals surface area contributed by atoms with E-state index in [0.29, 0.717) is 17.0 Å². The Kier molecular flexibility index (Phi) is 4.73. The van der Waals surface area contributed by atoms with Crippen molar-refractivity contribution < 1.29 is 4.79 Å². The van der Waals surface area contributed by atoms with Crippen LogP contribution in [0.25, 0.3) is 0 Å². The first-order chi connectivity index (χ1) is 9.58. The number of hydrazone groups is 1. The van der Waals surface area contributed by atoms with Gasteiger partial charge in [-0.2, -0.15) is 5.10 Å². The van der Waals surface area contributed by atoms with Crippen molar-refractivity contribution in [1.29, 1.82) is 0 Å². The van der Waals surface area contributed by atoms with Crippen molar-refractivity contribution in [3.8, 4) is 0 Å². The highest BCUT2D eigenvalue weighted by molar-refractivity contribution is 14.1. The van der Waals surface area contributed by atoms with Crippen LogP contribution in [-0.4, -0.2) is 11.6 Å². The van der Waals surface area contributed by atoms with E-state index < -0.39 is 0 Å². The molecule has 0 radical (unpaired) electrons. The summed E-state index contributed by atoms with van der Waals surface area (Å²) in [5.74, 6) is -0.224. The van der Waals surface area contributed by atoms with Crippen LogP contribution in [0.15, 0.2) is 53.6 Å². The third kappa shape index (κ3) is 3.57. The maximum Gasteiger partial charge on any atom is 0.272 e. The topological polar surface area (TPSA) is 67.5 Å². The van der Waals surface area contributed by atoms with Crippen LogP contribution in [0.3, 0.4) is 0 Å². The van der Waals surface area contributed by atoms with E-state index in [4.69, 9.17) is 5.73 Å². The van der Waals surface area contributed by atoms with Gasteiger partial charge in [0, 0.05) is 9.26 Å². The lowest BCUT2D eigenvalue weighted by Crippen LogP contribution is -2.20. The predicted molar refractivity (Wildman–Crippen MR) is 89.7 cm³/mol. The first-order valence-corrected chi connectivity index (χ1v) is 7.11. The molecule has 0 fully saturated rings. The molecule has 0 saturated heterocycles. The number of nitrogens with two attached hydrogens (primary N) is 1. The Hall–Kier alpha value is -1.89. The third-order valence-corrected chi connectivity index (χ3v) is 3.69. The number of amides is 1. The summed E-state index contributed by atoms with van der Waals surface area (Å²) in [6, 6.07) is 14.7. The smallest absolute Gasteiger partial charge is 0.272 e. The molecule has 4 nitrogen and oxygen atoms in total. The number of hydrogen-bond acceptors (Lipinski definition) is 3. The molecule has 2 aromatic rings. The van der Waals surface area contributed by atoms with Gasteiger partial charge in [-0.25, -0.2) is 5.43 Å². The number of anilines is 1. The fourth-order valence-corrected chi connectivity index (χ4v) is 2.30. The Morgan fingerprint density at radius 2 is 1.95 bits per heavy atom. The Morgan fingerprint density at radius 1 is 1.20 bits per heavy atom. The monoisotopic (exact) mass is 379 g/mol. The van der Waals surface area contributed by atoms with Gasteiger partial charge in [-0.05, 0) is 59.3 Å². The molecule has 0 aliphatic rings. The number of halogens is 1. The minimum atomic E-state index is -0.224. The quantitative estimate of drug-likeness (QED) is 0.373. The van der Waals surface area contributed by atoms with Crippen molar-refractivity contribution in [2.45, 2.75) is 6.92 Å². The van der Waals surface area contributed by atoms with E-state index in [9.17, 15) is 4.79 Å². The summed E-state index contributed by atoms with van der Waals surface area (Å²) in [6.07, 6.45) is 0. The molecule has 0 saturated carbocycles. The normalized spacial score (nSPS) is 11.2. The molecule has 0 aromatic heterocycles. The number of rotatable bonds is 3. The summed E-state index contributed by atoms with van der Waals surface area (Å²) < 4.78 is 0.888. The van der Waals surface area contributed by atoms with Crippen molar-refractivity contribution in [3.63, 3.8) is 0 Å². The maximum atomic E-state index is 12.0. The van der Waals surface area contributed by atoms with Gasteiger partial charge in [-0.15, -0.1) is 0 Å². The van der Waals surface area contributed by atoms with Crippen LogP contribution >= 0.6 is 22.6 Å². The Bertz CT molecular complexity index is 668. The average Bonchev–Trinajstić information content (AvgIpc) is 2.45. The van der Waals surface area contributed by atoms with E-state index in [2.05, 4.69) is 33.1 Å². The highest BCUT2D eigenvalue weighted by atomic mass is 127. The van der Waals surface area contributed by atoms with E-state index in [1.165, 1.54) is 0 Å². The molecular formula is C15H14IN3O. The zero-order valence-electron chi connectivity index (χ0n) is 10.9. The van der Waals surface area contributed by atoms with E-state index in [1.54, 1.807) is 6.07 Å². The summed E-state index contributed by atoms with van der Waals surface area (Å²) in [5.41, 5.74) is 11.1. The number of carbonyl (C=O) groups excluding carboxylic acids is 1. The second-order valence-electron chi connectivity index (χ2n) is 4.24. The van der Waals surface area contributed by atoms with Crippen LogP contribution in [0.5, 0.6) is 0 Å². The van der Waals surface area contributed by atoms with Crippen molar-refractivity contribution in [1.82, 2.24) is 5.43 Å². The SMILES string of the molecule is C/C(=N\NC(=O)c1ccccc1I)c1cccc(N)c1. The van der Waals surface area contributed by atoms with Gasteiger partial charge in [0.2, 0.25) is 0 Å². The van der Waals surface area contributed by atoms with Gasteiger partial charge in [-0.1, -0.05) is 24.3 Å². The van der Waals surface area contributed by atoms with Crippen LogP contribution in [0.1, 0.15) is 22.8 Å². The molecule has 0 atom stereocenters. The second-order valence-corrected chi connectivity index (χ2v) is 5.41. The molecule has 3 N–H and O–H groups in total. The van der Waals surface area contributed by atoms with Crippen LogP contribution in [0.2, 0.25) is 0 Å². The van der Waals surface area contributed by atoms with Gasteiger partial charge in [-0.3, -0.25) is 4.79 Å². The number of nitrogens with one attached hydrogen (secondary N) is 1. The first kappa shape index (κ1) is 14.5. The van der Waals surface area contributed by atoms with E-state index in [-0.39, 0.29) is 5.91 Å². The molecule has 0 heterocycles. The number of hydrogen-bond donors (Lipinski definition) is 2. The first-order valence-electron chi connectivity index (χ1n) is 6.03. The van der Waals surface area contributed by atoms with Crippen LogP contribution in [0, 0.1) is 3.57 Å². The van der Waals surface area contributed by atoms with Crippen LogP contribution in [-0.2, 0) is 0 Å². The largest absolute Gasteiger partial charge is 0.399 e. The van der Waals surface area contributed by atoms with Gasteiger partial charge in [0.1, 0.15) is 0 Å². The summed E-state index contributed by atoms with van der Waals surface area (Å²) in [4.78, 5) is 12.0. The molecule has 0 spiro atoms. The van der Waals surface area contributed by atoms with Gasteiger partial charge >= 0.3 is 0 Å². The molecule has 5 heteroatoms. The molecule has 0 aliphatic carbocycles. The second kappa shape index (κ2) is 6.51. The minimum absolute atomic E-state index is 0.224. The highest BCUT2D eigenvalue weighted by Gasteiger charge is 2.08. The lowest BCUT2D eigenvalue weighted by Gasteiger charge is -2.05. The van der Waals surface area contributed by atoms with Gasteiger partial charge < -0.3 is 5.73 Å². The molecule has 1 amide bonds. The minimum Gasteiger partial charge on any atom is -0.399 e. The number of nitrogen functional groups attached to an aromatic ring is 1. The molecule has 0 aliphatic heterocycles. The molecular weight excluding hydrogens is 365 g/mol. The molecule has 2 rings (SSSR count). The fourth-order valence-electron chi connectivity index (χ4n) is 1.67. The fraction of sp³-hybridized carbons (Fsp3) is 0.0667. The molecule has 20 heavy (non-hydrogen) atoms. The Morgan fingerprint density at radius 3 is 2.65 bits per heavy atom. The molecule has 0 unspecified atom stereocenters. The summed E-state index contributed by atoms with van der Waals surface area (Å²) in [5, 5.41) is 4.11. The Labute approximate surface area is 131 Å². The number of benzene rings is 2. The van der Waals surface area contributed by atoms with Gasteiger partial charge in [0.05, 0.1) is 11.3 Å². The van der Waals surface area contributed by atoms with E-state index in [0.717, 1.165) is 9.13 Å². The molecule has 2 aromatic carbocycles. The lowest BCUT2D eigenvalue weighted by molar-refractivity contribution is 0.0954. The lowest BCUT2D eigenvalue weighted by atomic mass is 10.1. The predicted octanol–water partition coefficient (Wildman–Crippen LogP) is 3.03. The molecule has 102 valence electrons. The van der Waals surface area contributed by atoms with Crippen molar-refractivity contribution >= 4 is 39.9 Å². The highest BCUT2D eigenvalue weighted by Crippen LogP contribution is 2.11. The number of nitrogens with zero attached hydrogens (tertiary/aromatic N) is 1. The summed E-state index contributed by atoms with van der Waals surface area (Å²) >= 11 is 2.12. The summed E-state index contributed by atoms with van der Waals surface area (Å²) in [7, 11) is 0. The molecule has 0 bridgehead atoms. The van der Waals surface area contributed by atoms with E-state index in [1.807, 2.05) is 49.4 Å². The van der Waals surface area contributed by atoms with E-state index >= 15 is 0 Å². The van der Waals surface area contributed by atoms with Crippen LogP contribution in [0.4, 0.5) is 5.69 Å². The number of carbonyl (C=O) groups is 1. The zero-order chi connectivity index (χ0) is 14.5. The van der Waals surface area contributed by atoms with Crippen molar-refractivity contribution in [2.75, 3.05) is 5.73 Å². The third-order valence-electron chi connectivity index (χ3n) is 2.75. The maximum absolute atomic E-state index is 12.0. The zero-order valence-corrected chi connectivity index (χ0v) is 13.1. The van der Waals surface area contributed by atoms with Gasteiger partial charge in [0.15, 0.2) is 0 Å². The van der Waals surface area contributed by atoms with Crippen LogP contribution < -0.4 is 11.2 Å². The summed E-state index contributed by atoms with van der Waals surface area (Å²) in [6.45, 7) is 1.82. The average molecular weight is 379 g/mol. The van der Waals surface area contributed by atoms with Gasteiger partial charge in [0.25, 0.3) is 5.91 Å². The van der Waals surface area contributed by atoms with Crippen molar-refractivity contribution in [2.24, 2.45) is 5.10 Å². The standard InChI is InChI=1S/C15H14IN3O/c1-10(11-5-4-6-12(17)9-11)18-19-15(20)13-7-2-3-8-14(13)16/h2-9H,17H2,1H3,(H,19,20)/b18-10+. The van der Waals surface area contributed by atoms with Crippen molar-refractivity contribution in [3.05, 3.63) is 63.2 Å².